The highest BCUT2D eigenvalue weighted by Crippen LogP contribution is 2.44. The lowest BCUT2D eigenvalue weighted by Gasteiger charge is -2.40. The molecule has 0 aliphatic carbocycles. The first-order chi connectivity index (χ1) is 17.1. The summed E-state index contributed by atoms with van der Waals surface area (Å²) in [4.78, 5) is 5.15. The Labute approximate surface area is 207 Å². The number of benzene rings is 2. The van der Waals surface area contributed by atoms with E-state index >= 15 is 8.78 Å². The van der Waals surface area contributed by atoms with E-state index in [1.165, 1.54) is 30.3 Å². The van der Waals surface area contributed by atoms with Gasteiger partial charge in [-0.1, -0.05) is 0 Å². The smallest absolute Gasteiger partial charge is 0.212 e. The van der Waals surface area contributed by atoms with Gasteiger partial charge >= 0.3 is 0 Å². The molecule has 3 aromatic rings. The fourth-order valence-corrected chi connectivity index (χ4v) is 6.86. The number of aromatic amines is 1. The lowest BCUT2D eigenvalue weighted by molar-refractivity contribution is 0.155. The lowest BCUT2D eigenvalue weighted by atomic mass is 9.90. The van der Waals surface area contributed by atoms with Crippen molar-refractivity contribution >= 4 is 26.6 Å². The Kier molecular flexibility index (Phi) is 6.50. The average molecular weight is 525 g/mol. The molecule has 0 saturated carbocycles. The predicted octanol–water partition coefficient (Wildman–Crippen LogP) is 4.34. The van der Waals surface area contributed by atoms with Crippen LogP contribution in [0.3, 0.4) is 0 Å². The van der Waals surface area contributed by atoms with Crippen LogP contribution in [0.1, 0.15) is 36.2 Å². The van der Waals surface area contributed by atoms with E-state index in [-0.39, 0.29) is 30.4 Å². The van der Waals surface area contributed by atoms with E-state index in [1.54, 1.807) is 6.92 Å². The maximum absolute atomic E-state index is 15.6. The van der Waals surface area contributed by atoms with Crippen molar-refractivity contribution in [3.8, 4) is 0 Å². The van der Waals surface area contributed by atoms with Crippen molar-refractivity contribution in [2.45, 2.75) is 37.9 Å². The van der Waals surface area contributed by atoms with Gasteiger partial charge in [0.15, 0.2) is 0 Å². The third-order valence-corrected chi connectivity index (χ3v) is 8.37. The van der Waals surface area contributed by atoms with Crippen molar-refractivity contribution in [2.75, 3.05) is 37.9 Å². The number of rotatable bonds is 7. The van der Waals surface area contributed by atoms with E-state index in [4.69, 9.17) is 0 Å². The van der Waals surface area contributed by atoms with Crippen molar-refractivity contribution in [2.24, 2.45) is 0 Å². The van der Waals surface area contributed by atoms with Crippen LogP contribution in [0.25, 0.3) is 10.9 Å². The molecule has 1 fully saturated rings. The van der Waals surface area contributed by atoms with Crippen LogP contribution >= 0.6 is 0 Å². The molecule has 2 N–H and O–H groups in total. The minimum absolute atomic E-state index is 0.0216. The zero-order chi connectivity index (χ0) is 25.8. The van der Waals surface area contributed by atoms with Gasteiger partial charge in [-0.15, -0.1) is 0 Å². The van der Waals surface area contributed by atoms with Crippen LogP contribution in [0.4, 0.5) is 23.2 Å². The van der Waals surface area contributed by atoms with Gasteiger partial charge < -0.3 is 10.3 Å². The number of anilines is 1. The summed E-state index contributed by atoms with van der Waals surface area (Å²) in [5, 5.41) is 3.66. The average Bonchev–Trinajstić information content (AvgIpc) is 3.11. The second-order valence-electron chi connectivity index (χ2n) is 9.75. The number of H-pyrrole nitrogens is 1. The molecule has 194 valence electrons. The minimum Gasteiger partial charge on any atom is -0.380 e. The normalized spacial score (nSPS) is 21.5. The Morgan fingerprint density at radius 1 is 1.11 bits per heavy atom. The zero-order valence-corrected chi connectivity index (χ0v) is 20.8. The number of hydrogen-bond donors (Lipinski definition) is 2. The SMILES string of the molecule is C[C@@H]1Cc2c([nH]c3ccc(F)cc23)[C@@H](c2c(F)cc(NC3CN(CCCF)C3)cc2F)N1S(C)(=O)=O. The van der Waals surface area contributed by atoms with Crippen LogP contribution in [0, 0.1) is 17.5 Å². The molecule has 11 heteroatoms. The highest BCUT2D eigenvalue weighted by molar-refractivity contribution is 7.88. The maximum atomic E-state index is 15.6. The number of nitrogens with zero attached hydrogens (tertiary/aromatic N) is 2. The first-order valence-electron chi connectivity index (χ1n) is 11.9. The second-order valence-corrected chi connectivity index (χ2v) is 11.6. The Balaban J connectivity index is 1.53. The molecule has 3 heterocycles. The van der Waals surface area contributed by atoms with Gasteiger partial charge in [-0.25, -0.2) is 21.6 Å². The van der Waals surface area contributed by atoms with Gasteiger partial charge in [-0.3, -0.25) is 9.29 Å². The quantitative estimate of drug-likeness (QED) is 0.452. The van der Waals surface area contributed by atoms with Gasteiger partial charge in [-0.05, 0) is 55.7 Å². The lowest BCUT2D eigenvalue weighted by Crippen LogP contribution is -2.54. The molecule has 6 nitrogen and oxygen atoms in total. The summed E-state index contributed by atoms with van der Waals surface area (Å²) in [5.41, 5.74) is 1.41. The van der Waals surface area contributed by atoms with Gasteiger partial charge in [0.1, 0.15) is 17.5 Å². The molecule has 36 heavy (non-hydrogen) atoms. The molecule has 1 saturated heterocycles. The summed E-state index contributed by atoms with van der Waals surface area (Å²) in [6.07, 6.45) is 1.73. The van der Waals surface area contributed by atoms with Crippen molar-refractivity contribution in [3.05, 3.63) is 64.6 Å². The van der Waals surface area contributed by atoms with E-state index in [2.05, 4.69) is 10.3 Å². The molecule has 0 bridgehead atoms. The molecule has 2 aliphatic heterocycles. The van der Waals surface area contributed by atoms with Crippen LogP contribution < -0.4 is 5.32 Å². The Morgan fingerprint density at radius 3 is 2.44 bits per heavy atom. The summed E-state index contributed by atoms with van der Waals surface area (Å²) in [5.74, 6) is -2.21. The summed E-state index contributed by atoms with van der Waals surface area (Å²) in [6.45, 7) is 3.20. The first-order valence-corrected chi connectivity index (χ1v) is 13.7. The predicted molar refractivity (Wildman–Crippen MR) is 131 cm³/mol. The van der Waals surface area contributed by atoms with Crippen molar-refractivity contribution in [1.29, 1.82) is 0 Å². The number of alkyl halides is 1. The standard InChI is InChI=1S/C25H28F4N4O2S/c1-14-8-19-18-9-15(27)4-5-22(18)31-24(19)25(33(14)36(2,34)35)23-20(28)10-16(11-21(23)29)30-17-12-32(13-17)7-3-6-26/h4-5,9-11,14,17,25,30-31H,3,6-8,12-13H2,1-2H3/t14-,25-/m1/s1. The third-order valence-electron chi connectivity index (χ3n) is 7.03. The van der Waals surface area contributed by atoms with Gasteiger partial charge in [0.05, 0.1) is 25.0 Å². The summed E-state index contributed by atoms with van der Waals surface area (Å²) in [7, 11) is -3.87. The van der Waals surface area contributed by atoms with Crippen LogP contribution in [-0.4, -0.2) is 67.3 Å². The molecule has 5 rings (SSSR count). The van der Waals surface area contributed by atoms with Crippen LogP contribution in [-0.2, 0) is 16.4 Å². The molecule has 0 spiro atoms. The first kappa shape index (κ1) is 25.0. The number of halogens is 4. The van der Waals surface area contributed by atoms with Gasteiger partial charge in [0.25, 0.3) is 0 Å². The van der Waals surface area contributed by atoms with Crippen LogP contribution in [0.5, 0.6) is 0 Å². The molecule has 1 aromatic heterocycles. The highest BCUT2D eigenvalue weighted by Gasteiger charge is 2.43. The summed E-state index contributed by atoms with van der Waals surface area (Å²) >= 11 is 0. The Morgan fingerprint density at radius 2 is 1.81 bits per heavy atom. The van der Waals surface area contributed by atoms with Crippen molar-refractivity contribution < 1.29 is 26.0 Å². The molecule has 2 aromatic carbocycles. The van der Waals surface area contributed by atoms with Gasteiger partial charge in [-0.2, -0.15) is 4.31 Å². The minimum atomic E-state index is -3.87. The largest absolute Gasteiger partial charge is 0.380 e. The third kappa shape index (κ3) is 4.48. The maximum Gasteiger partial charge on any atom is 0.212 e. The number of hydrogen-bond acceptors (Lipinski definition) is 4. The monoisotopic (exact) mass is 524 g/mol. The summed E-state index contributed by atoms with van der Waals surface area (Å²) in [6, 6.07) is 4.59. The highest BCUT2D eigenvalue weighted by atomic mass is 32.2. The second kappa shape index (κ2) is 9.35. The fraction of sp³-hybridized carbons (Fsp3) is 0.440. The topological polar surface area (TPSA) is 68.4 Å². The number of aromatic nitrogens is 1. The molecule has 2 aliphatic rings. The van der Waals surface area contributed by atoms with Gasteiger partial charge in [0, 0.05) is 53.5 Å². The zero-order valence-electron chi connectivity index (χ0n) is 20.0. The Bertz CT molecular complexity index is 1380. The molecule has 0 unspecified atom stereocenters. The molecule has 0 radical (unpaired) electrons. The molecule has 0 amide bonds. The number of likely N-dealkylation sites (tertiary alicyclic amines) is 1. The molecular weight excluding hydrogens is 496 g/mol. The number of fused-ring (bicyclic) bond motifs is 3. The fourth-order valence-electron chi connectivity index (χ4n) is 5.54. The van der Waals surface area contributed by atoms with Crippen molar-refractivity contribution in [3.63, 3.8) is 0 Å². The summed E-state index contributed by atoms with van der Waals surface area (Å²) < 4.78 is 84.3. The Hall–Kier alpha value is -2.63. The van der Waals surface area contributed by atoms with E-state index in [9.17, 15) is 17.2 Å². The van der Waals surface area contributed by atoms with Crippen LogP contribution in [0.15, 0.2) is 30.3 Å². The van der Waals surface area contributed by atoms with E-state index in [0.717, 1.165) is 10.6 Å². The van der Waals surface area contributed by atoms with Gasteiger partial charge in [0.2, 0.25) is 10.0 Å². The number of sulfonamides is 1. The molecular formula is C25H28F4N4O2S. The van der Waals surface area contributed by atoms with E-state index < -0.39 is 39.6 Å². The van der Waals surface area contributed by atoms with E-state index in [0.29, 0.717) is 48.2 Å². The van der Waals surface area contributed by atoms with E-state index in [1.807, 2.05) is 4.90 Å². The number of nitrogens with one attached hydrogen (secondary N) is 2. The van der Waals surface area contributed by atoms with Crippen LogP contribution in [0.2, 0.25) is 0 Å². The molecule has 2 atom stereocenters. The van der Waals surface area contributed by atoms with Crippen molar-refractivity contribution in [1.82, 2.24) is 14.2 Å².